The molecule has 1 atom stereocenters. The number of nitrogens with one attached hydrogen (secondary N) is 1. The van der Waals surface area contributed by atoms with E-state index in [-0.39, 0.29) is 23.8 Å². The van der Waals surface area contributed by atoms with Crippen LogP contribution in [-0.4, -0.2) is 74.6 Å². The summed E-state index contributed by atoms with van der Waals surface area (Å²) < 4.78 is 4.87. The number of carbonyl (C=O) groups is 2. The van der Waals surface area contributed by atoms with E-state index < -0.39 is 0 Å². The van der Waals surface area contributed by atoms with Crippen molar-refractivity contribution in [3.05, 3.63) is 0 Å². The minimum absolute atomic E-state index is 0.00679. The van der Waals surface area contributed by atoms with Crippen molar-refractivity contribution in [3.63, 3.8) is 0 Å². The Kier molecular flexibility index (Phi) is 4.99. The number of methoxy groups -OCH3 is 1. The van der Waals surface area contributed by atoms with Gasteiger partial charge >= 0.3 is 0 Å². The van der Waals surface area contributed by atoms with Crippen LogP contribution in [0.25, 0.3) is 0 Å². The van der Waals surface area contributed by atoms with Gasteiger partial charge in [-0.15, -0.1) is 0 Å². The average Bonchev–Trinajstić information content (AvgIpc) is 2.97. The number of carbonyl (C=O) groups excluding carboxylic acids is 2. The molecule has 6 heteroatoms. The van der Waals surface area contributed by atoms with Crippen molar-refractivity contribution in [2.24, 2.45) is 5.41 Å². The molecule has 2 saturated heterocycles. The third-order valence-electron chi connectivity index (χ3n) is 4.56. The van der Waals surface area contributed by atoms with Gasteiger partial charge in [0, 0.05) is 39.8 Å². The van der Waals surface area contributed by atoms with Gasteiger partial charge in [-0.25, -0.2) is 0 Å². The Hall–Kier alpha value is -1.14. The van der Waals surface area contributed by atoms with Crippen molar-refractivity contribution in [1.82, 2.24) is 15.1 Å². The minimum atomic E-state index is -0.224. The van der Waals surface area contributed by atoms with Gasteiger partial charge in [0.15, 0.2) is 0 Å². The van der Waals surface area contributed by atoms with Crippen LogP contribution in [0.2, 0.25) is 0 Å². The number of rotatable bonds is 4. The van der Waals surface area contributed by atoms with E-state index in [4.69, 9.17) is 4.74 Å². The standard InChI is InChI=1S/C14H25N3O3/c1-3-14(4-5-15-11-14)13(19)17-8-6-16(7-9-17)12(18)10-20-2/h15H,3-11H2,1-2H3. The maximum absolute atomic E-state index is 12.7. The zero-order valence-corrected chi connectivity index (χ0v) is 12.5. The summed E-state index contributed by atoms with van der Waals surface area (Å²) in [6.07, 6.45) is 1.80. The molecule has 2 amide bonds. The molecule has 0 radical (unpaired) electrons. The van der Waals surface area contributed by atoms with Gasteiger partial charge in [0.05, 0.1) is 5.41 Å². The third kappa shape index (κ3) is 2.96. The lowest BCUT2D eigenvalue weighted by Gasteiger charge is -2.39. The molecule has 2 aliphatic rings. The second-order valence-electron chi connectivity index (χ2n) is 5.67. The molecule has 0 aliphatic carbocycles. The lowest BCUT2D eigenvalue weighted by Crippen LogP contribution is -2.55. The zero-order chi connectivity index (χ0) is 14.6. The van der Waals surface area contributed by atoms with E-state index in [2.05, 4.69) is 12.2 Å². The quantitative estimate of drug-likeness (QED) is 0.769. The fourth-order valence-electron chi connectivity index (χ4n) is 3.09. The van der Waals surface area contributed by atoms with Gasteiger partial charge in [-0.3, -0.25) is 9.59 Å². The lowest BCUT2D eigenvalue weighted by molar-refractivity contribution is -0.147. The molecule has 1 N–H and O–H groups in total. The van der Waals surface area contributed by atoms with Crippen LogP contribution in [0.3, 0.4) is 0 Å². The summed E-state index contributed by atoms with van der Waals surface area (Å²) >= 11 is 0. The van der Waals surface area contributed by atoms with Crippen molar-refractivity contribution in [2.75, 3.05) is 53.0 Å². The number of piperazine rings is 1. The predicted molar refractivity (Wildman–Crippen MR) is 75.2 cm³/mol. The number of hydrogen-bond donors (Lipinski definition) is 1. The van der Waals surface area contributed by atoms with E-state index in [1.54, 1.807) is 4.90 Å². The van der Waals surface area contributed by atoms with Gasteiger partial charge in [-0.05, 0) is 19.4 Å². The highest BCUT2D eigenvalue weighted by Crippen LogP contribution is 2.32. The maximum Gasteiger partial charge on any atom is 0.248 e. The van der Waals surface area contributed by atoms with Gasteiger partial charge in [-0.2, -0.15) is 0 Å². The van der Waals surface area contributed by atoms with Crippen molar-refractivity contribution >= 4 is 11.8 Å². The van der Waals surface area contributed by atoms with Gasteiger partial charge in [-0.1, -0.05) is 6.92 Å². The Morgan fingerprint density at radius 3 is 2.35 bits per heavy atom. The molecule has 0 bridgehead atoms. The molecule has 2 aliphatic heterocycles. The molecule has 1 unspecified atom stereocenters. The molecule has 0 saturated carbocycles. The smallest absolute Gasteiger partial charge is 0.248 e. The van der Waals surface area contributed by atoms with Crippen LogP contribution in [0.15, 0.2) is 0 Å². The van der Waals surface area contributed by atoms with Gasteiger partial charge in [0.2, 0.25) is 11.8 Å². The molecule has 0 spiro atoms. The Balaban J connectivity index is 1.90. The van der Waals surface area contributed by atoms with E-state index in [1.807, 2.05) is 4.90 Å². The fraction of sp³-hybridized carbons (Fsp3) is 0.857. The van der Waals surface area contributed by atoms with E-state index in [0.29, 0.717) is 26.2 Å². The Morgan fingerprint density at radius 1 is 1.20 bits per heavy atom. The third-order valence-corrected chi connectivity index (χ3v) is 4.56. The van der Waals surface area contributed by atoms with Crippen molar-refractivity contribution < 1.29 is 14.3 Å². The average molecular weight is 283 g/mol. The molecule has 2 rings (SSSR count). The Labute approximate surface area is 120 Å². The van der Waals surface area contributed by atoms with Crippen LogP contribution in [0, 0.1) is 5.41 Å². The highest BCUT2D eigenvalue weighted by atomic mass is 16.5. The fourth-order valence-corrected chi connectivity index (χ4v) is 3.09. The van der Waals surface area contributed by atoms with E-state index in [0.717, 1.165) is 25.9 Å². The molecule has 2 heterocycles. The normalized spacial score (nSPS) is 26.9. The van der Waals surface area contributed by atoms with Crippen molar-refractivity contribution in [2.45, 2.75) is 19.8 Å². The first-order valence-electron chi connectivity index (χ1n) is 7.40. The van der Waals surface area contributed by atoms with E-state index >= 15 is 0 Å². The number of hydrogen-bond acceptors (Lipinski definition) is 4. The maximum atomic E-state index is 12.7. The van der Waals surface area contributed by atoms with Crippen LogP contribution < -0.4 is 5.32 Å². The lowest BCUT2D eigenvalue weighted by atomic mass is 9.82. The molecule has 0 aromatic heterocycles. The summed E-state index contributed by atoms with van der Waals surface area (Å²) in [6, 6.07) is 0. The van der Waals surface area contributed by atoms with E-state index in [9.17, 15) is 9.59 Å². The first-order valence-corrected chi connectivity index (χ1v) is 7.40. The molecule has 2 fully saturated rings. The number of amides is 2. The summed E-state index contributed by atoms with van der Waals surface area (Å²) in [5.74, 6) is 0.260. The molecule has 20 heavy (non-hydrogen) atoms. The van der Waals surface area contributed by atoms with Gasteiger partial charge in [0.25, 0.3) is 0 Å². The summed E-state index contributed by atoms with van der Waals surface area (Å²) in [6.45, 7) is 6.41. The molecule has 0 aromatic carbocycles. The van der Waals surface area contributed by atoms with Crippen LogP contribution in [0.5, 0.6) is 0 Å². The van der Waals surface area contributed by atoms with Gasteiger partial charge in [0.1, 0.15) is 6.61 Å². The Bertz CT molecular complexity index is 359. The molecular weight excluding hydrogens is 258 g/mol. The molecular formula is C14H25N3O3. The van der Waals surface area contributed by atoms with Gasteiger partial charge < -0.3 is 19.9 Å². The van der Waals surface area contributed by atoms with E-state index in [1.165, 1.54) is 7.11 Å². The van der Waals surface area contributed by atoms with Crippen LogP contribution in [0.4, 0.5) is 0 Å². The first-order chi connectivity index (χ1) is 9.63. The zero-order valence-electron chi connectivity index (χ0n) is 12.5. The topological polar surface area (TPSA) is 61.9 Å². The summed E-state index contributed by atoms with van der Waals surface area (Å²) in [5, 5.41) is 3.30. The highest BCUT2D eigenvalue weighted by Gasteiger charge is 2.42. The van der Waals surface area contributed by atoms with Crippen molar-refractivity contribution in [1.29, 1.82) is 0 Å². The summed E-state index contributed by atoms with van der Waals surface area (Å²) in [7, 11) is 1.52. The van der Waals surface area contributed by atoms with Crippen molar-refractivity contribution in [3.8, 4) is 0 Å². The summed E-state index contributed by atoms with van der Waals surface area (Å²) in [5.41, 5.74) is -0.224. The second-order valence-corrected chi connectivity index (χ2v) is 5.67. The Morgan fingerprint density at radius 2 is 1.85 bits per heavy atom. The molecule has 6 nitrogen and oxygen atoms in total. The van der Waals surface area contributed by atoms with Crippen LogP contribution >= 0.6 is 0 Å². The molecule has 0 aromatic rings. The largest absolute Gasteiger partial charge is 0.375 e. The first kappa shape index (κ1) is 15.3. The highest BCUT2D eigenvalue weighted by molar-refractivity contribution is 5.84. The minimum Gasteiger partial charge on any atom is -0.375 e. The predicted octanol–water partition coefficient (Wildman–Crippen LogP) is -0.307. The number of nitrogens with zero attached hydrogens (tertiary/aromatic N) is 2. The molecule has 114 valence electrons. The monoisotopic (exact) mass is 283 g/mol. The summed E-state index contributed by atoms with van der Waals surface area (Å²) in [4.78, 5) is 28.2. The van der Waals surface area contributed by atoms with Crippen LogP contribution in [0.1, 0.15) is 19.8 Å². The SMILES string of the molecule is CCC1(C(=O)N2CCN(C(=O)COC)CC2)CCNC1. The van der Waals surface area contributed by atoms with Crippen LogP contribution in [-0.2, 0) is 14.3 Å². The second kappa shape index (κ2) is 6.54. The number of ether oxygens (including phenoxy) is 1.